The van der Waals surface area contributed by atoms with Crippen molar-refractivity contribution < 1.29 is 9.47 Å². The van der Waals surface area contributed by atoms with Gasteiger partial charge >= 0.3 is 0 Å². The minimum absolute atomic E-state index is 0.532. The van der Waals surface area contributed by atoms with E-state index in [2.05, 4.69) is 20.3 Å². The summed E-state index contributed by atoms with van der Waals surface area (Å²) < 4.78 is 12.7. The number of hydrogen-bond donors (Lipinski definition) is 1. The molecule has 0 amide bonds. The Balaban J connectivity index is 2.05. The summed E-state index contributed by atoms with van der Waals surface area (Å²) in [5.74, 6) is 0.532. The van der Waals surface area contributed by atoms with E-state index in [4.69, 9.17) is 9.47 Å². The standard InChI is InChI=1S/C14H26N4O2/c1-15-11-13-14(12-5-9-20-10-6-12)18(17-16-13)7-3-4-8-19-2/h12,15H,3-11H2,1-2H3. The fourth-order valence-corrected chi connectivity index (χ4v) is 2.74. The van der Waals surface area contributed by atoms with Crippen molar-refractivity contribution in [2.45, 2.75) is 44.7 Å². The van der Waals surface area contributed by atoms with Gasteiger partial charge in [0.15, 0.2) is 0 Å². The van der Waals surface area contributed by atoms with Gasteiger partial charge in [0.1, 0.15) is 0 Å². The molecule has 1 aromatic heterocycles. The van der Waals surface area contributed by atoms with Crippen molar-refractivity contribution in [1.82, 2.24) is 20.3 Å². The molecule has 1 saturated heterocycles. The molecule has 0 spiro atoms. The number of ether oxygens (including phenoxy) is 2. The summed E-state index contributed by atoms with van der Waals surface area (Å²) in [4.78, 5) is 0. The number of methoxy groups -OCH3 is 1. The summed E-state index contributed by atoms with van der Waals surface area (Å²) in [6.07, 6.45) is 4.28. The van der Waals surface area contributed by atoms with Gasteiger partial charge in [-0.05, 0) is 32.7 Å². The average Bonchev–Trinajstić information content (AvgIpc) is 2.88. The van der Waals surface area contributed by atoms with Crippen molar-refractivity contribution in [1.29, 1.82) is 0 Å². The molecule has 2 rings (SSSR count). The van der Waals surface area contributed by atoms with E-state index in [0.717, 1.165) is 64.3 Å². The molecule has 0 aliphatic carbocycles. The van der Waals surface area contributed by atoms with Crippen molar-refractivity contribution in [3.05, 3.63) is 11.4 Å². The van der Waals surface area contributed by atoms with Gasteiger partial charge in [0.05, 0.1) is 11.4 Å². The topological polar surface area (TPSA) is 61.2 Å². The first kappa shape index (κ1) is 15.4. The zero-order chi connectivity index (χ0) is 14.2. The Hall–Kier alpha value is -0.980. The molecule has 2 heterocycles. The van der Waals surface area contributed by atoms with Crippen LogP contribution in [0, 0.1) is 0 Å². The smallest absolute Gasteiger partial charge is 0.0999 e. The van der Waals surface area contributed by atoms with Gasteiger partial charge in [-0.3, -0.25) is 0 Å². The van der Waals surface area contributed by atoms with E-state index in [9.17, 15) is 0 Å². The number of rotatable bonds is 8. The van der Waals surface area contributed by atoms with Crippen molar-refractivity contribution in [3.8, 4) is 0 Å². The third-order valence-electron chi connectivity index (χ3n) is 3.77. The molecule has 0 radical (unpaired) electrons. The van der Waals surface area contributed by atoms with Crippen LogP contribution in [0.5, 0.6) is 0 Å². The second kappa shape index (κ2) is 8.34. The lowest BCUT2D eigenvalue weighted by Crippen LogP contribution is -2.20. The molecule has 1 aromatic rings. The summed E-state index contributed by atoms with van der Waals surface area (Å²) >= 11 is 0. The summed E-state index contributed by atoms with van der Waals surface area (Å²) in [7, 11) is 3.69. The van der Waals surface area contributed by atoms with Crippen LogP contribution in [-0.2, 0) is 22.6 Å². The Morgan fingerprint density at radius 1 is 1.35 bits per heavy atom. The van der Waals surface area contributed by atoms with Crippen LogP contribution in [0.15, 0.2) is 0 Å². The van der Waals surface area contributed by atoms with Crippen molar-refractivity contribution >= 4 is 0 Å². The molecular weight excluding hydrogens is 256 g/mol. The van der Waals surface area contributed by atoms with Gasteiger partial charge in [-0.15, -0.1) is 5.10 Å². The molecule has 0 aromatic carbocycles. The van der Waals surface area contributed by atoms with Crippen LogP contribution in [0.3, 0.4) is 0 Å². The predicted molar refractivity (Wildman–Crippen MR) is 76.7 cm³/mol. The lowest BCUT2D eigenvalue weighted by Gasteiger charge is -2.23. The molecule has 20 heavy (non-hydrogen) atoms. The van der Waals surface area contributed by atoms with Crippen LogP contribution in [-0.4, -0.2) is 49.0 Å². The highest BCUT2D eigenvalue weighted by molar-refractivity contribution is 5.16. The summed E-state index contributed by atoms with van der Waals surface area (Å²) in [5.41, 5.74) is 2.39. The Morgan fingerprint density at radius 3 is 2.85 bits per heavy atom. The van der Waals surface area contributed by atoms with Gasteiger partial charge < -0.3 is 14.8 Å². The first-order valence-electron chi connectivity index (χ1n) is 7.50. The summed E-state index contributed by atoms with van der Waals surface area (Å²) in [5, 5.41) is 11.9. The molecule has 1 N–H and O–H groups in total. The monoisotopic (exact) mass is 282 g/mol. The fraction of sp³-hybridized carbons (Fsp3) is 0.857. The second-order valence-corrected chi connectivity index (χ2v) is 5.26. The lowest BCUT2D eigenvalue weighted by atomic mass is 9.94. The molecule has 6 nitrogen and oxygen atoms in total. The van der Waals surface area contributed by atoms with Gasteiger partial charge in [0.2, 0.25) is 0 Å². The Morgan fingerprint density at radius 2 is 2.15 bits per heavy atom. The predicted octanol–water partition coefficient (Wildman–Crippen LogP) is 1.32. The van der Waals surface area contributed by atoms with Gasteiger partial charge in [-0.1, -0.05) is 5.21 Å². The van der Waals surface area contributed by atoms with Gasteiger partial charge in [0, 0.05) is 45.9 Å². The number of unbranched alkanes of at least 4 members (excludes halogenated alkanes) is 1. The van der Waals surface area contributed by atoms with Crippen LogP contribution in [0.2, 0.25) is 0 Å². The minimum Gasteiger partial charge on any atom is -0.385 e. The highest BCUT2D eigenvalue weighted by Crippen LogP contribution is 2.28. The van der Waals surface area contributed by atoms with Crippen LogP contribution in [0.1, 0.15) is 43.0 Å². The molecule has 114 valence electrons. The zero-order valence-electron chi connectivity index (χ0n) is 12.6. The SMILES string of the molecule is CNCc1nnn(CCCCOC)c1C1CCOCC1. The maximum Gasteiger partial charge on any atom is 0.0999 e. The largest absolute Gasteiger partial charge is 0.385 e. The molecule has 1 fully saturated rings. The van der Waals surface area contributed by atoms with Gasteiger partial charge in [0.25, 0.3) is 0 Å². The molecule has 0 atom stereocenters. The van der Waals surface area contributed by atoms with Crippen molar-refractivity contribution in [2.24, 2.45) is 0 Å². The number of aryl methyl sites for hydroxylation is 1. The van der Waals surface area contributed by atoms with Gasteiger partial charge in [-0.2, -0.15) is 0 Å². The molecular formula is C14H26N4O2. The average molecular weight is 282 g/mol. The number of nitrogens with one attached hydrogen (secondary N) is 1. The van der Waals surface area contributed by atoms with E-state index in [1.807, 2.05) is 7.05 Å². The first-order chi connectivity index (χ1) is 9.86. The van der Waals surface area contributed by atoms with E-state index in [-0.39, 0.29) is 0 Å². The zero-order valence-corrected chi connectivity index (χ0v) is 12.6. The van der Waals surface area contributed by atoms with E-state index in [1.165, 1.54) is 5.69 Å². The normalized spacial score (nSPS) is 16.7. The maximum absolute atomic E-state index is 5.47. The van der Waals surface area contributed by atoms with E-state index < -0.39 is 0 Å². The van der Waals surface area contributed by atoms with Gasteiger partial charge in [-0.25, -0.2) is 4.68 Å². The molecule has 1 aliphatic heterocycles. The molecule has 0 bridgehead atoms. The highest BCUT2D eigenvalue weighted by atomic mass is 16.5. The third-order valence-corrected chi connectivity index (χ3v) is 3.77. The number of aromatic nitrogens is 3. The number of hydrogen-bond acceptors (Lipinski definition) is 5. The maximum atomic E-state index is 5.47. The van der Waals surface area contributed by atoms with E-state index in [1.54, 1.807) is 7.11 Å². The Labute approximate surface area is 120 Å². The lowest BCUT2D eigenvalue weighted by molar-refractivity contribution is 0.0832. The molecule has 0 saturated carbocycles. The summed E-state index contributed by atoms with van der Waals surface area (Å²) in [6.45, 7) is 4.21. The highest BCUT2D eigenvalue weighted by Gasteiger charge is 2.24. The van der Waals surface area contributed by atoms with Crippen LogP contribution in [0.25, 0.3) is 0 Å². The fourth-order valence-electron chi connectivity index (χ4n) is 2.74. The molecule has 1 aliphatic rings. The quantitative estimate of drug-likeness (QED) is 0.729. The van der Waals surface area contributed by atoms with E-state index in [0.29, 0.717) is 5.92 Å². The Kier molecular flexibility index (Phi) is 6.42. The summed E-state index contributed by atoms with van der Waals surface area (Å²) in [6, 6.07) is 0. The molecule has 6 heteroatoms. The number of nitrogens with zero attached hydrogens (tertiary/aromatic N) is 3. The van der Waals surface area contributed by atoms with Crippen LogP contribution < -0.4 is 5.32 Å². The Bertz CT molecular complexity index is 389. The van der Waals surface area contributed by atoms with Crippen LogP contribution in [0.4, 0.5) is 0 Å². The minimum atomic E-state index is 0.532. The van der Waals surface area contributed by atoms with E-state index >= 15 is 0 Å². The van der Waals surface area contributed by atoms with Crippen molar-refractivity contribution in [2.75, 3.05) is 34.0 Å². The molecule has 0 unspecified atom stereocenters. The third kappa shape index (κ3) is 4.01. The van der Waals surface area contributed by atoms with Crippen molar-refractivity contribution in [3.63, 3.8) is 0 Å². The van der Waals surface area contributed by atoms with Crippen LogP contribution >= 0.6 is 0 Å². The second-order valence-electron chi connectivity index (χ2n) is 5.26. The first-order valence-corrected chi connectivity index (χ1v) is 7.50.